The van der Waals surface area contributed by atoms with Crippen molar-refractivity contribution in [3.63, 3.8) is 0 Å². The molecule has 0 aliphatic carbocycles. The summed E-state index contributed by atoms with van der Waals surface area (Å²) in [4.78, 5) is 11.6. The van der Waals surface area contributed by atoms with Gasteiger partial charge in [0, 0.05) is 24.4 Å². The molecule has 1 heterocycles. The number of amides is 1. The van der Waals surface area contributed by atoms with E-state index in [-0.39, 0.29) is 17.5 Å². The van der Waals surface area contributed by atoms with Gasteiger partial charge in [0.15, 0.2) is 0 Å². The monoisotopic (exact) mass is 428 g/mol. The minimum atomic E-state index is -4.55. The lowest BCUT2D eigenvalue weighted by atomic mass is 10.1. The average molecular weight is 429 g/mol. The normalized spacial score (nSPS) is 21.7. The molecule has 11 heteroatoms. The maximum Gasteiger partial charge on any atom is 0.389 e. The minimum absolute atomic E-state index is 0.0858. The van der Waals surface area contributed by atoms with Crippen molar-refractivity contribution in [2.75, 3.05) is 6.54 Å². The van der Waals surface area contributed by atoms with Crippen molar-refractivity contribution in [3.05, 3.63) is 29.3 Å². The Morgan fingerprint density at radius 1 is 1.37 bits per heavy atom. The van der Waals surface area contributed by atoms with Crippen molar-refractivity contribution in [1.82, 2.24) is 4.31 Å². The Bertz CT molecular complexity index is 765. The zero-order valence-electron chi connectivity index (χ0n) is 14.4. The van der Waals surface area contributed by atoms with Crippen molar-refractivity contribution in [3.8, 4) is 0 Å². The van der Waals surface area contributed by atoms with E-state index >= 15 is 0 Å². The molecule has 2 N–H and O–H groups in total. The Kier molecular flexibility index (Phi) is 6.77. The van der Waals surface area contributed by atoms with E-state index in [9.17, 15) is 26.4 Å². The zero-order chi connectivity index (χ0) is 20.4. The van der Waals surface area contributed by atoms with Crippen LogP contribution in [0.25, 0.3) is 0 Å². The van der Waals surface area contributed by atoms with Gasteiger partial charge in [-0.1, -0.05) is 11.6 Å². The van der Waals surface area contributed by atoms with Crippen LogP contribution in [-0.4, -0.2) is 49.6 Å². The van der Waals surface area contributed by atoms with Crippen LogP contribution in [0, 0.1) is 0 Å². The van der Waals surface area contributed by atoms with Crippen LogP contribution in [0.1, 0.15) is 26.2 Å². The standard InChI is InChI=1S/C16H20ClF3N2O4S/c1-10-8-12(26-10)9-22(14(15(21)23)6-7-16(18,19)20)27(24,25)13-4-2-11(17)3-5-13/h2-5,10,12,14H,6-9H2,1H3,(H2,21,23)/t10-,12-,14+/m0/s1. The molecule has 1 saturated heterocycles. The summed E-state index contributed by atoms with van der Waals surface area (Å²) in [7, 11) is -4.29. The quantitative estimate of drug-likeness (QED) is 0.689. The van der Waals surface area contributed by atoms with Gasteiger partial charge in [-0.2, -0.15) is 17.5 Å². The van der Waals surface area contributed by atoms with Crippen LogP contribution >= 0.6 is 11.6 Å². The first-order valence-corrected chi connectivity index (χ1v) is 10.0. The van der Waals surface area contributed by atoms with Gasteiger partial charge in [0.2, 0.25) is 15.9 Å². The smallest absolute Gasteiger partial charge is 0.374 e. The van der Waals surface area contributed by atoms with Crippen molar-refractivity contribution in [1.29, 1.82) is 0 Å². The van der Waals surface area contributed by atoms with Gasteiger partial charge in [-0.25, -0.2) is 8.42 Å². The molecular weight excluding hydrogens is 409 g/mol. The number of hydrogen-bond donors (Lipinski definition) is 1. The van der Waals surface area contributed by atoms with E-state index < -0.39 is 47.1 Å². The number of halogens is 4. The molecule has 2 rings (SSSR count). The number of nitrogens with two attached hydrogens (primary N) is 1. The third-order valence-corrected chi connectivity index (χ3v) is 6.34. The van der Waals surface area contributed by atoms with Crippen LogP contribution in [-0.2, 0) is 19.6 Å². The third kappa shape index (κ3) is 5.81. The van der Waals surface area contributed by atoms with Crippen molar-refractivity contribution in [2.24, 2.45) is 5.73 Å². The number of hydrogen-bond acceptors (Lipinski definition) is 4. The molecule has 27 heavy (non-hydrogen) atoms. The number of carbonyl (C=O) groups excluding carboxylic acids is 1. The predicted molar refractivity (Wildman–Crippen MR) is 92.6 cm³/mol. The predicted octanol–water partition coefficient (Wildman–Crippen LogP) is 2.70. The molecule has 1 aromatic carbocycles. The van der Waals surface area contributed by atoms with Gasteiger partial charge in [0.1, 0.15) is 6.04 Å². The Labute approximate surface area is 160 Å². The lowest BCUT2D eigenvalue weighted by Crippen LogP contribution is -2.54. The van der Waals surface area contributed by atoms with E-state index in [1.807, 2.05) is 0 Å². The SMILES string of the molecule is C[C@H]1C[C@@H](CN([C@H](CCC(F)(F)F)C(N)=O)S(=O)(=O)c2ccc(Cl)cc2)O1. The third-order valence-electron chi connectivity index (χ3n) is 4.20. The van der Waals surface area contributed by atoms with Crippen molar-refractivity contribution < 1.29 is 31.1 Å². The van der Waals surface area contributed by atoms with E-state index in [4.69, 9.17) is 22.1 Å². The Morgan fingerprint density at radius 2 is 1.93 bits per heavy atom. The Balaban J connectivity index is 2.35. The highest BCUT2D eigenvalue weighted by atomic mass is 35.5. The first-order valence-electron chi connectivity index (χ1n) is 8.19. The fourth-order valence-electron chi connectivity index (χ4n) is 2.87. The number of sulfonamides is 1. The molecule has 3 atom stereocenters. The van der Waals surface area contributed by atoms with Gasteiger partial charge in [0.05, 0.1) is 17.1 Å². The molecule has 0 aromatic heterocycles. The van der Waals surface area contributed by atoms with Crippen LogP contribution in [0.4, 0.5) is 13.2 Å². The van der Waals surface area contributed by atoms with Gasteiger partial charge in [-0.3, -0.25) is 4.79 Å². The van der Waals surface area contributed by atoms with Crippen LogP contribution in [0.5, 0.6) is 0 Å². The van der Waals surface area contributed by atoms with Crippen molar-refractivity contribution >= 4 is 27.5 Å². The summed E-state index contributed by atoms with van der Waals surface area (Å²) in [6.07, 6.45) is -6.74. The average Bonchev–Trinajstić information content (AvgIpc) is 2.51. The summed E-state index contributed by atoms with van der Waals surface area (Å²) in [6, 6.07) is 3.47. The fraction of sp³-hybridized carbons (Fsp3) is 0.562. The summed E-state index contributed by atoms with van der Waals surface area (Å²) in [5.74, 6) is -1.15. The number of rotatable bonds is 8. The highest BCUT2D eigenvalue weighted by molar-refractivity contribution is 7.89. The van der Waals surface area contributed by atoms with Crippen molar-refractivity contribution in [2.45, 2.75) is 55.5 Å². The maximum atomic E-state index is 13.0. The van der Waals surface area contributed by atoms with Gasteiger partial charge >= 0.3 is 6.18 Å². The van der Waals surface area contributed by atoms with E-state index in [1.54, 1.807) is 6.92 Å². The molecule has 6 nitrogen and oxygen atoms in total. The van der Waals surface area contributed by atoms with E-state index in [0.717, 1.165) is 0 Å². The summed E-state index contributed by atoms with van der Waals surface area (Å²) in [5.41, 5.74) is 5.25. The fourth-order valence-corrected chi connectivity index (χ4v) is 4.65. The largest absolute Gasteiger partial charge is 0.389 e. The lowest BCUT2D eigenvalue weighted by molar-refractivity contribution is -0.143. The number of alkyl halides is 3. The molecule has 0 spiro atoms. The highest BCUT2D eigenvalue weighted by Gasteiger charge is 2.41. The number of benzene rings is 1. The second-order valence-corrected chi connectivity index (χ2v) is 8.73. The summed E-state index contributed by atoms with van der Waals surface area (Å²) >= 11 is 5.76. The molecule has 1 amide bonds. The Hall–Kier alpha value is -1.36. The first kappa shape index (κ1) is 21.9. The molecule has 1 aromatic rings. The molecule has 0 saturated carbocycles. The second-order valence-electron chi connectivity index (χ2n) is 6.41. The second kappa shape index (κ2) is 8.34. The molecule has 1 aliphatic rings. The Morgan fingerprint density at radius 3 is 2.37 bits per heavy atom. The first-order chi connectivity index (χ1) is 12.4. The summed E-state index contributed by atoms with van der Waals surface area (Å²) in [6.45, 7) is 1.52. The van der Waals surface area contributed by atoms with E-state index in [0.29, 0.717) is 15.7 Å². The zero-order valence-corrected chi connectivity index (χ0v) is 16.0. The number of ether oxygens (including phenoxy) is 1. The topological polar surface area (TPSA) is 89.7 Å². The highest BCUT2D eigenvalue weighted by Crippen LogP contribution is 2.30. The molecule has 0 radical (unpaired) electrons. The van der Waals surface area contributed by atoms with Gasteiger partial charge in [-0.05, 0) is 37.6 Å². The molecule has 0 bridgehead atoms. The number of carbonyl (C=O) groups is 1. The summed E-state index contributed by atoms with van der Waals surface area (Å²) < 4.78 is 70.0. The van der Waals surface area contributed by atoms with Crippen LogP contribution in [0.2, 0.25) is 5.02 Å². The number of nitrogens with zero attached hydrogens (tertiary/aromatic N) is 1. The molecule has 1 aliphatic heterocycles. The van der Waals surface area contributed by atoms with E-state index in [2.05, 4.69) is 0 Å². The summed E-state index contributed by atoms with van der Waals surface area (Å²) in [5, 5.41) is 0.292. The van der Waals surface area contributed by atoms with E-state index in [1.165, 1.54) is 24.3 Å². The molecule has 0 unspecified atom stereocenters. The van der Waals surface area contributed by atoms with Gasteiger partial charge in [-0.15, -0.1) is 0 Å². The van der Waals surface area contributed by atoms with Gasteiger partial charge < -0.3 is 10.5 Å². The van der Waals surface area contributed by atoms with Gasteiger partial charge in [0.25, 0.3) is 0 Å². The minimum Gasteiger partial charge on any atom is -0.374 e. The van der Waals surface area contributed by atoms with Crippen LogP contribution in [0.15, 0.2) is 29.2 Å². The van der Waals surface area contributed by atoms with Crippen LogP contribution in [0.3, 0.4) is 0 Å². The number of primary amides is 1. The molecule has 152 valence electrons. The van der Waals surface area contributed by atoms with Crippen LogP contribution < -0.4 is 5.73 Å². The maximum absolute atomic E-state index is 13.0. The molecular formula is C16H20ClF3N2O4S. The molecule has 1 fully saturated rings. The lowest BCUT2D eigenvalue weighted by Gasteiger charge is -2.38.